The lowest BCUT2D eigenvalue weighted by molar-refractivity contribution is 0.354. The summed E-state index contributed by atoms with van der Waals surface area (Å²) >= 11 is 0. The molecule has 0 atom stereocenters. The van der Waals surface area contributed by atoms with Gasteiger partial charge in [-0.2, -0.15) is 0 Å². The summed E-state index contributed by atoms with van der Waals surface area (Å²) in [5.74, 6) is 2.34. The van der Waals surface area contributed by atoms with Gasteiger partial charge in [-0.15, -0.1) is 0 Å². The molecule has 0 aliphatic heterocycles. The Kier molecular flexibility index (Phi) is 5.83. The quantitative estimate of drug-likeness (QED) is 0.736. The van der Waals surface area contributed by atoms with Crippen LogP contribution in [0.1, 0.15) is 11.1 Å². The van der Waals surface area contributed by atoms with Crippen LogP contribution in [-0.4, -0.2) is 34.1 Å². The van der Waals surface area contributed by atoms with Crippen LogP contribution in [0.3, 0.4) is 0 Å². The van der Waals surface area contributed by atoms with Gasteiger partial charge < -0.3 is 14.2 Å². The number of aliphatic imine (C=N–C) groups is 1. The van der Waals surface area contributed by atoms with E-state index in [4.69, 9.17) is 14.2 Å². The van der Waals surface area contributed by atoms with Crippen LogP contribution >= 0.6 is 0 Å². The molecular formula is C18H21NO3. The van der Waals surface area contributed by atoms with Crippen LogP contribution in [0.25, 0.3) is 0 Å². The number of methoxy groups -OCH3 is 3. The lowest BCUT2D eigenvalue weighted by Crippen LogP contribution is -1.95. The predicted molar refractivity (Wildman–Crippen MR) is 88.7 cm³/mol. The smallest absolute Gasteiger partial charge is 0.160 e. The Hall–Kier alpha value is -2.49. The molecule has 0 aliphatic carbocycles. The number of ether oxygens (including phenoxy) is 3. The molecule has 0 amide bonds. The van der Waals surface area contributed by atoms with Crippen LogP contribution in [0.15, 0.2) is 47.5 Å². The number of rotatable bonds is 7. The van der Waals surface area contributed by atoms with Gasteiger partial charge in [0.1, 0.15) is 5.75 Å². The summed E-state index contributed by atoms with van der Waals surface area (Å²) in [6.07, 6.45) is 2.73. The topological polar surface area (TPSA) is 40.0 Å². The molecular weight excluding hydrogens is 278 g/mol. The number of hydrogen-bond donors (Lipinski definition) is 0. The average molecular weight is 299 g/mol. The zero-order valence-corrected chi connectivity index (χ0v) is 13.2. The van der Waals surface area contributed by atoms with Crippen molar-refractivity contribution in [2.45, 2.75) is 6.42 Å². The molecule has 0 radical (unpaired) electrons. The van der Waals surface area contributed by atoms with Crippen molar-refractivity contribution in [3.05, 3.63) is 53.6 Å². The van der Waals surface area contributed by atoms with Gasteiger partial charge in [0.2, 0.25) is 0 Å². The molecule has 0 bridgehead atoms. The second-order valence-electron chi connectivity index (χ2n) is 4.75. The van der Waals surface area contributed by atoms with Crippen molar-refractivity contribution >= 4 is 6.21 Å². The Morgan fingerprint density at radius 3 is 2.23 bits per heavy atom. The van der Waals surface area contributed by atoms with Gasteiger partial charge in [-0.3, -0.25) is 4.99 Å². The summed E-state index contributed by atoms with van der Waals surface area (Å²) in [5, 5.41) is 0. The standard InChI is InChI=1S/C18H21NO3/c1-20-16-7-4-15(5-8-16)13-19-11-10-14-6-9-17(21-2)18(12-14)22-3/h4-9,12-13H,10-11H2,1-3H3. The Labute approximate surface area is 131 Å². The zero-order valence-electron chi connectivity index (χ0n) is 13.2. The third-order valence-corrected chi connectivity index (χ3v) is 3.33. The van der Waals surface area contributed by atoms with E-state index in [9.17, 15) is 0 Å². The third-order valence-electron chi connectivity index (χ3n) is 3.33. The van der Waals surface area contributed by atoms with Crippen molar-refractivity contribution < 1.29 is 14.2 Å². The van der Waals surface area contributed by atoms with Crippen LogP contribution in [0.5, 0.6) is 17.2 Å². The lowest BCUT2D eigenvalue weighted by Gasteiger charge is -2.08. The molecule has 0 heterocycles. The first-order valence-electron chi connectivity index (χ1n) is 7.11. The van der Waals surface area contributed by atoms with Crippen LogP contribution < -0.4 is 14.2 Å². The molecule has 0 aromatic heterocycles. The molecule has 116 valence electrons. The summed E-state index contributed by atoms with van der Waals surface area (Å²) < 4.78 is 15.7. The molecule has 4 nitrogen and oxygen atoms in total. The van der Waals surface area contributed by atoms with Crippen molar-refractivity contribution in [1.82, 2.24) is 0 Å². The normalized spacial score (nSPS) is 10.7. The first-order chi connectivity index (χ1) is 10.8. The minimum Gasteiger partial charge on any atom is -0.497 e. The van der Waals surface area contributed by atoms with E-state index in [1.54, 1.807) is 21.3 Å². The Morgan fingerprint density at radius 2 is 1.59 bits per heavy atom. The van der Waals surface area contributed by atoms with Gasteiger partial charge in [0, 0.05) is 12.8 Å². The van der Waals surface area contributed by atoms with E-state index < -0.39 is 0 Å². The summed E-state index contributed by atoms with van der Waals surface area (Å²) in [6.45, 7) is 0.724. The van der Waals surface area contributed by atoms with E-state index in [1.165, 1.54) is 5.56 Å². The van der Waals surface area contributed by atoms with Gasteiger partial charge in [0.25, 0.3) is 0 Å². The molecule has 0 saturated carbocycles. The van der Waals surface area contributed by atoms with Crippen molar-refractivity contribution in [3.63, 3.8) is 0 Å². The molecule has 0 saturated heterocycles. The molecule has 2 rings (SSSR count). The maximum absolute atomic E-state index is 5.30. The van der Waals surface area contributed by atoms with Gasteiger partial charge >= 0.3 is 0 Å². The number of benzene rings is 2. The van der Waals surface area contributed by atoms with Crippen LogP contribution in [0.2, 0.25) is 0 Å². The largest absolute Gasteiger partial charge is 0.497 e. The molecule has 2 aromatic rings. The average Bonchev–Trinajstić information content (AvgIpc) is 2.59. The van der Waals surface area contributed by atoms with Crippen LogP contribution in [0, 0.1) is 0 Å². The predicted octanol–water partition coefficient (Wildman–Crippen LogP) is 3.37. The highest BCUT2D eigenvalue weighted by atomic mass is 16.5. The van der Waals surface area contributed by atoms with Crippen LogP contribution in [-0.2, 0) is 6.42 Å². The summed E-state index contributed by atoms with van der Waals surface area (Å²) in [6, 6.07) is 13.8. The monoisotopic (exact) mass is 299 g/mol. The van der Waals surface area contributed by atoms with Crippen molar-refractivity contribution in [2.75, 3.05) is 27.9 Å². The van der Waals surface area contributed by atoms with Gasteiger partial charge in [-0.05, 0) is 53.9 Å². The van der Waals surface area contributed by atoms with E-state index >= 15 is 0 Å². The van der Waals surface area contributed by atoms with E-state index in [1.807, 2.05) is 48.7 Å². The fourth-order valence-corrected chi connectivity index (χ4v) is 2.09. The van der Waals surface area contributed by atoms with E-state index in [2.05, 4.69) is 4.99 Å². The summed E-state index contributed by atoms with van der Waals surface area (Å²) in [7, 11) is 4.94. The number of hydrogen-bond acceptors (Lipinski definition) is 4. The molecule has 0 aliphatic rings. The van der Waals surface area contributed by atoms with E-state index in [-0.39, 0.29) is 0 Å². The first kappa shape index (κ1) is 15.9. The Balaban J connectivity index is 1.91. The highest BCUT2D eigenvalue weighted by Gasteiger charge is 2.03. The van der Waals surface area contributed by atoms with Gasteiger partial charge in [0.05, 0.1) is 21.3 Å². The molecule has 0 spiro atoms. The van der Waals surface area contributed by atoms with Gasteiger partial charge in [-0.1, -0.05) is 6.07 Å². The van der Waals surface area contributed by atoms with E-state index in [0.717, 1.165) is 35.8 Å². The zero-order chi connectivity index (χ0) is 15.8. The maximum Gasteiger partial charge on any atom is 0.160 e. The van der Waals surface area contributed by atoms with Crippen LogP contribution in [0.4, 0.5) is 0 Å². The first-order valence-corrected chi connectivity index (χ1v) is 7.11. The van der Waals surface area contributed by atoms with Crippen molar-refractivity contribution in [3.8, 4) is 17.2 Å². The van der Waals surface area contributed by atoms with E-state index in [0.29, 0.717) is 0 Å². The molecule has 22 heavy (non-hydrogen) atoms. The third kappa shape index (κ3) is 4.25. The Bertz CT molecular complexity index is 621. The molecule has 0 N–H and O–H groups in total. The van der Waals surface area contributed by atoms with Crippen molar-refractivity contribution in [1.29, 1.82) is 0 Å². The minimum atomic E-state index is 0.724. The minimum absolute atomic E-state index is 0.724. The summed E-state index contributed by atoms with van der Waals surface area (Å²) in [5.41, 5.74) is 2.23. The lowest BCUT2D eigenvalue weighted by atomic mass is 10.1. The highest BCUT2D eigenvalue weighted by Crippen LogP contribution is 2.27. The Morgan fingerprint density at radius 1 is 0.864 bits per heavy atom. The fourth-order valence-electron chi connectivity index (χ4n) is 2.09. The fraction of sp³-hybridized carbons (Fsp3) is 0.278. The molecule has 2 aromatic carbocycles. The second-order valence-corrected chi connectivity index (χ2v) is 4.75. The SMILES string of the molecule is COc1ccc(C=NCCc2ccc(OC)c(OC)c2)cc1. The van der Waals surface area contributed by atoms with Crippen molar-refractivity contribution in [2.24, 2.45) is 4.99 Å². The second kappa shape index (κ2) is 8.08. The summed E-state index contributed by atoms with van der Waals surface area (Å²) in [4.78, 5) is 4.45. The van der Waals surface area contributed by atoms with Gasteiger partial charge in [0.15, 0.2) is 11.5 Å². The molecule has 4 heteroatoms. The van der Waals surface area contributed by atoms with Gasteiger partial charge in [-0.25, -0.2) is 0 Å². The highest BCUT2D eigenvalue weighted by molar-refractivity contribution is 5.79. The molecule has 0 fully saturated rings. The molecule has 0 unspecified atom stereocenters. The number of nitrogens with zero attached hydrogens (tertiary/aromatic N) is 1. The maximum atomic E-state index is 5.30.